The van der Waals surface area contributed by atoms with E-state index in [9.17, 15) is 31.6 Å². The van der Waals surface area contributed by atoms with Gasteiger partial charge in [0.05, 0.1) is 0 Å². The fraction of sp³-hybridized carbons (Fsp3) is 0. The number of nitriles is 6. The molecule has 0 fully saturated rings. The molecule has 0 saturated heterocycles. The van der Waals surface area contributed by atoms with E-state index in [-0.39, 0.29) is 5.75 Å². The van der Waals surface area contributed by atoms with Gasteiger partial charge in [-0.1, -0.05) is 0 Å². The second kappa shape index (κ2) is 7.14. The molecule has 0 amide bonds. The maximum atomic E-state index is 9.66. The summed E-state index contributed by atoms with van der Waals surface area (Å²) in [6, 6.07) is 7.91. The first kappa shape index (κ1) is 18.2. The molecule has 2 rings (SSSR count). The third-order valence-electron chi connectivity index (χ3n) is 2.96. The van der Waals surface area contributed by atoms with Gasteiger partial charge in [0.15, 0.2) is 0 Å². The van der Waals surface area contributed by atoms with E-state index in [2.05, 4.69) is 4.52 Å². The van der Waals surface area contributed by atoms with Crippen molar-refractivity contribution in [3.8, 4) is 41.0 Å². The Morgan fingerprint density at radius 1 is 1.00 bits per heavy atom. The van der Waals surface area contributed by atoms with Gasteiger partial charge >= 0.3 is 144 Å². The summed E-state index contributed by atoms with van der Waals surface area (Å²) < 4.78 is 5.30. The van der Waals surface area contributed by atoms with E-state index >= 15 is 0 Å². The summed E-state index contributed by atoms with van der Waals surface area (Å²) in [5.74, 6) is 8.79. The molecule has 10 nitrogen and oxygen atoms in total. The first-order valence-electron chi connectivity index (χ1n) is 6.28. The van der Waals surface area contributed by atoms with E-state index in [0.717, 1.165) is 0 Å². The van der Waals surface area contributed by atoms with Crippen LogP contribution >= 0.6 is 23.0 Å². The van der Waals surface area contributed by atoms with E-state index in [1.807, 2.05) is 0 Å². The molecule has 1 aliphatic rings. The van der Waals surface area contributed by atoms with Crippen LogP contribution in [0.4, 0.5) is 0 Å². The average Bonchev–Trinajstić information content (AvgIpc) is 2.68. The number of benzene rings is 1. The molecule has 1 aromatic rings. The molecule has 0 aromatic heterocycles. The molecule has 1 unspecified atom stereocenters. The molecule has 1 aromatic carbocycles. The summed E-state index contributed by atoms with van der Waals surface area (Å²) in [5, 5.41) is 57.0. The van der Waals surface area contributed by atoms with Crippen LogP contribution in [0.15, 0.2) is 34.8 Å². The summed E-state index contributed by atoms with van der Waals surface area (Å²) in [6.45, 7) is 0. The van der Waals surface area contributed by atoms with Crippen LogP contribution in [0.2, 0.25) is 0 Å². The normalized spacial score (nSPS) is 21.4. The van der Waals surface area contributed by atoms with Crippen molar-refractivity contribution >= 4 is 23.0 Å². The Hall–Kier alpha value is -3.19. The van der Waals surface area contributed by atoms with Gasteiger partial charge in [-0.15, -0.1) is 0 Å². The van der Waals surface area contributed by atoms with Crippen LogP contribution < -0.4 is 4.84 Å². The maximum absolute atomic E-state index is 9.66. The molecule has 0 radical (unpaired) electrons. The standard InChI is InChI=1S/C12H6N9OP3/c13-6-20-23(7-14)19-24(8-15,9-16)21(25(20,10-17)11-18)22-12-4-2-1-3-5-12/h1-5,25H. The molecule has 0 N–H and O–H groups in total. The van der Waals surface area contributed by atoms with Gasteiger partial charge in [0, 0.05) is 0 Å². The minimum absolute atomic E-state index is 0.163. The summed E-state index contributed by atoms with van der Waals surface area (Å²) in [6.07, 6.45) is 1.64. The minimum atomic E-state index is -4.32. The van der Waals surface area contributed by atoms with E-state index in [4.69, 9.17) is 4.84 Å². The SMILES string of the molecule is N#CN1P(C#N)N=P(C#N)(C#N)N(Oc2ccccc2)[PH]1(C#N)C#N. The Bertz CT molecular complexity index is 966. The van der Waals surface area contributed by atoms with Gasteiger partial charge in [-0.05, 0) is 0 Å². The van der Waals surface area contributed by atoms with Gasteiger partial charge in [-0.3, -0.25) is 0 Å². The van der Waals surface area contributed by atoms with Gasteiger partial charge in [0.2, 0.25) is 0 Å². The van der Waals surface area contributed by atoms with E-state index < -0.39 is 23.0 Å². The van der Waals surface area contributed by atoms with Crippen molar-refractivity contribution in [2.75, 3.05) is 0 Å². The molecule has 13 heteroatoms. The zero-order chi connectivity index (χ0) is 18.5. The van der Waals surface area contributed by atoms with Crippen molar-refractivity contribution in [1.82, 2.24) is 9.05 Å². The Morgan fingerprint density at radius 3 is 2.04 bits per heavy atom. The van der Waals surface area contributed by atoms with Crippen LogP contribution in [-0.2, 0) is 0 Å². The first-order valence-corrected chi connectivity index (χ1v) is 11.1. The third kappa shape index (κ3) is 2.74. The Kier molecular flexibility index (Phi) is 5.19. The number of para-hydroxylation sites is 1. The molecule has 0 bridgehead atoms. The Labute approximate surface area is 144 Å². The molecule has 0 spiro atoms. The molecule has 1 aliphatic heterocycles. The van der Waals surface area contributed by atoms with E-state index in [1.165, 1.54) is 12.1 Å². The molecule has 1 atom stereocenters. The Morgan fingerprint density at radius 2 is 1.60 bits per heavy atom. The fourth-order valence-electron chi connectivity index (χ4n) is 1.86. The summed E-state index contributed by atoms with van der Waals surface area (Å²) in [7, 11) is -10.5. The monoisotopic (exact) mass is 385 g/mol. The van der Waals surface area contributed by atoms with Crippen molar-refractivity contribution < 1.29 is 4.84 Å². The molecule has 0 saturated carbocycles. The molecule has 0 aliphatic carbocycles. The van der Waals surface area contributed by atoms with Crippen LogP contribution in [0.5, 0.6) is 5.75 Å². The van der Waals surface area contributed by atoms with Crippen molar-refractivity contribution in [3.63, 3.8) is 0 Å². The van der Waals surface area contributed by atoms with Gasteiger partial charge in [0.25, 0.3) is 0 Å². The Balaban J connectivity index is 2.82. The molecule has 120 valence electrons. The predicted octanol–water partition coefficient (Wildman–Crippen LogP) is 3.49. The second-order valence-electron chi connectivity index (χ2n) is 4.27. The molecule has 25 heavy (non-hydrogen) atoms. The number of hydrogen-bond donors (Lipinski definition) is 0. The van der Waals surface area contributed by atoms with Crippen LogP contribution in [0.3, 0.4) is 0 Å². The number of nitrogens with zero attached hydrogens (tertiary/aromatic N) is 9. The number of rotatable bonds is 2. The van der Waals surface area contributed by atoms with Crippen molar-refractivity contribution in [3.05, 3.63) is 30.3 Å². The predicted molar refractivity (Wildman–Crippen MR) is 89.0 cm³/mol. The second-order valence-corrected chi connectivity index (χ2v) is 11.5. The quantitative estimate of drug-likeness (QED) is 0.545. The van der Waals surface area contributed by atoms with Crippen molar-refractivity contribution in [2.24, 2.45) is 4.52 Å². The molecular formula is C12H6N9OP3. The first-order chi connectivity index (χ1) is 12.1. The van der Waals surface area contributed by atoms with Crippen LogP contribution in [-0.4, -0.2) is 9.05 Å². The van der Waals surface area contributed by atoms with Crippen molar-refractivity contribution in [1.29, 1.82) is 31.6 Å². The van der Waals surface area contributed by atoms with Gasteiger partial charge in [0.1, 0.15) is 0 Å². The zero-order valence-electron chi connectivity index (χ0n) is 12.2. The van der Waals surface area contributed by atoms with Crippen molar-refractivity contribution in [2.45, 2.75) is 0 Å². The summed E-state index contributed by atoms with van der Waals surface area (Å²) >= 11 is 0. The third-order valence-corrected chi connectivity index (χ3v) is 11.6. The van der Waals surface area contributed by atoms with Crippen LogP contribution in [0.25, 0.3) is 0 Å². The summed E-state index contributed by atoms with van der Waals surface area (Å²) in [4.78, 5) is 5.54. The van der Waals surface area contributed by atoms with E-state index in [0.29, 0.717) is 9.05 Å². The van der Waals surface area contributed by atoms with Gasteiger partial charge in [-0.25, -0.2) is 0 Å². The molecule has 1 heterocycles. The van der Waals surface area contributed by atoms with Gasteiger partial charge in [-0.2, -0.15) is 0 Å². The molecular weight excluding hydrogens is 379 g/mol. The van der Waals surface area contributed by atoms with Crippen LogP contribution in [0.1, 0.15) is 0 Å². The fourth-order valence-corrected chi connectivity index (χ4v) is 10.6. The van der Waals surface area contributed by atoms with Crippen LogP contribution in [0, 0.1) is 66.8 Å². The topological polar surface area (TPSA) is 171 Å². The number of hydrogen-bond acceptors (Lipinski definition) is 10. The summed E-state index contributed by atoms with van der Waals surface area (Å²) in [5.41, 5.74) is 0. The van der Waals surface area contributed by atoms with Gasteiger partial charge < -0.3 is 0 Å². The average molecular weight is 385 g/mol. The zero-order valence-corrected chi connectivity index (χ0v) is 15.0. The van der Waals surface area contributed by atoms with E-state index in [1.54, 1.807) is 53.4 Å².